The topological polar surface area (TPSA) is 101 Å². The van der Waals surface area contributed by atoms with Gasteiger partial charge in [0.05, 0.1) is 12.2 Å². The number of aromatic nitrogens is 3. The highest BCUT2D eigenvalue weighted by atomic mass is 127. The van der Waals surface area contributed by atoms with Crippen LogP contribution in [0.4, 0.5) is 0 Å². The van der Waals surface area contributed by atoms with Crippen LogP contribution in [0.15, 0.2) is 44.4 Å². The molecule has 168 valence electrons. The maximum Gasteiger partial charge on any atom is 0.228 e. The third kappa shape index (κ3) is 7.20. The largest absolute Gasteiger partial charge is 0.359 e. The van der Waals surface area contributed by atoms with Gasteiger partial charge in [-0.05, 0) is 25.0 Å². The van der Waals surface area contributed by atoms with E-state index in [0.29, 0.717) is 48.1 Å². The summed E-state index contributed by atoms with van der Waals surface area (Å²) in [5.74, 6) is 2.94. The number of halogens is 2. The number of nitrogens with one attached hydrogen (secondary N) is 2. The average Bonchev–Trinajstić information content (AvgIpc) is 3.41. The van der Waals surface area contributed by atoms with Crippen molar-refractivity contribution in [1.82, 2.24) is 25.9 Å². The summed E-state index contributed by atoms with van der Waals surface area (Å²) in [4.78, 5) is 8.64. The molecule has 0 radical (unpaired) electrons. The highest BCUT2D eigenvalue weighted by Crippen LogP contribution is 2.22. The normalized spacial score (nSPS) is 11.5. The van der Waals surface area contributed by atoms with Crippen LogP contribution in [-0.2, 0) is 13.0 Å². The van der Waals surface area contributed by atoms with Crippen LogP contribution in [0.5, 0.6) is 0 Å². The van der Waals surface area contributed by atoms with E-state index in [1.165, 1.54) is 0 Å². The van der Waals surface area contributed by atoms with E-state index in [4.69, 9.17) is 20.6 Å². The fourth-order valence-electron chi connectivity index (χ4n) is 3.09. The lowest BCUT2D eigenvalue weighted by molar-refractivity contribution is 0.367. The van der Waals surface area contributed by atoms with Gasteiger partial charge >= 0.3 is 0 Å². The van der Waals surface area contributed by atoms with Crippen molar-refractivity contribution < 1.29 is 9.05 Å². The van der Waals surface area contributed by atoms with E-state index in [9.17, 15) is 0 Å². The summed E-state index contributed by atoms with van der Waals surface area (Å²) in [5.41, 5.74) is 1.83. The van der Waals surface area contributed by atoms with Crippen LogP contribution in [0.2, 0.25) is 5.02 Å². The Bertz CT molecular complexity index is 970. The molecular formula is C21H28ClIN6O2. The number of hydrogen-bond donors (Lipinski definition) is 2. The lowest BCUT2D eigenvalue weighted by atomic mass is 9.99. The first kappa shape index (κ1) is 25.1. The standard InChI is InChI=1S/C21H27ClN6O2.HI/c1-4-14(5-2)18-12-17(29-27-18)13-25-21(23-3)24-10-9-19-26-20(28-30-19)15-7-6-8-16(22)11-15;/h6-8,11-12,14H,4-5,9-10,13H2,1-3H3,(H2,23,24,25);1H. The molecule has 0 spiro atoms. The van der Waals surface area contributed by atoms with E-state index in [-0.39, 0.29) is 24.0 Å². The highest BCUT2D eigenvalue weighted by molar-refractivity contribution is 14.0. The van der Waals surface area contributed by atoms with Gasteiger partial charge in [-0.2, -0.15) is 4.98 Å². The number of aliphatic imine (C=N–C) groups is 1. The van der Waals surface area contributed by atoms with Crippen molar-refractivity contribution >= 4 is 41.5 Å². The maximum absolute atomic E-state index is 6.01. The lowest BCUT2D eigenvalue weighted by Gasteiger charge is -2.09. The molecule has 3 aromatic rings. The number of benzene rings is 1. The minimum absolute atomic E-state index is 0. The molecule has 1 aromatic carbocycles. The predicted molar refractivity (Wildman–Crippen MR) is 132 cm³/mol. The van der Waals surface area contributed by atoms with Crippen molar-refractivity contribution in [2.75, 3.05) is 13.6 Å². The summed E-state index contributed by atoms with van der Waals surface area (Å²) in [6, 6.07) is 9.36. The van der Waals surface area contributed by atoms with E-state index >= 15 is 0 Å². The molecule has 0 fully saturated rings. The molecule has 0 saturated heterocycles. The molecule has 2 heterocycles. The third-order valence-corrected chi connectivity index (χ3v) is 5.05. The number of guanidine groups is 1. The molecular weight excluding hydrogens is 531 g/mol. The molecule has 3 rings (SSSR count). The molecule has 2 aromatic heterocycles. The summed E-state index contributed by atoms with van der Waals surface area (Å²) < 4.78 is 10.8. The van der Waals surface area contributed by atoms with Gasteiger partial charge in [0.25, 0.3) is 0 Å². The van der Waals surface area contributed by atoms with Crippen molar-refractivity contribution in [3.05, 3.63) is 52.7 Å². The van der Waals surface area contributed by atoms with Crippen LogP contribution in [0.1, 0.15) is 50.0 Å². The number of nitrogens with zero attached hydrogens (tertiary/aromatic N) is 4. The zero-order valence-electron chi connectivity index (χ0n) is 17.9. The van der Waals surface area contributed by atoms with Gasteiger partial charge < -0.3 is 19.7 Å². The van der Waals surface area contributed by atoms with E-state index in [0.717, 1.165) is 29.9 Å². The quantitative estimate of drug-likeness (QED) is 0.221. The SMILES string of the molecule is CCC(CC)c1cc(CNC(=NC)NCCc2nc(-c3cccc(Cl)c3)no2)on1.I. The van der Waals surface area contributed by atoms with Crippen LogP contribution in [0.3, 0.4) is 0 Å². The first-order valence-electron chi connectivity index (χ1n) is 10.1. The monoisotopic (exact) mass is 558 g/mol. The van der Waals surface area contributed by atoms with Crippen molar-refractivity contribution in [3.63, 3.8) is 0 Å². The fourth-order valence-corrected chi connectivity index (χ4v) is 3.28. The van der Waals surface area contributed by atoms with Crippen molar-refractivity contribution in [3.8, 4) is 11.4 Å². The van der Waals surface area contributed by atoms with Crippen LogP contribution in [0, 0.1) is 0 Å². The molecule has 0 aliphatic carbocycles. The minimum Gasteiger partial charge on any atom is -0.359 e. The van der Waals surface area contributed by atoms with Crippen LogP contribution >= 0.6 is 35.6 Å². The molecule has 0 bridgehead atoms. The van der Waals surface area contributed by atoms with Gasteiger partial charge in [-0.15, -0.1) is 24.0 Å². The Hall–Kier alpha value is -2.14. The summed E-state index contributed by atoms with van der Waals surface area (Å²) in [7, 11) is 1.72. The Morgan fingerprint density at radius 1 is 1.13 bits per heavy atom. The van der Waals surface area contributed by atoms with Gasteiger partial charge in [0.15, 0.2) is 11.7 Å². The Morgan fingerprint density at radius 3 is 2.65 bits per heavy atom. The Balaban J connectivity index is 0.00000341. The molecule has 8 nitrogen and oxygen atoms in total. The Kier molecular flexibility index (Phi) is 10.3. The van der Waals surface area contributed by atoms with Gasteiger partial charge in [-0.25, -0.2) is 0 Å². The van der Waals surface area contributed by atoms with E-state index < -0.39 is 0 Å². The predicted octanol–water partition coefficient (Wildman–Crippen LogP) is 4.81. The van der Waals surface area contributed by atoms with Crippen LogP contribution in [0.25, 0.3) is 11.4 Å². The van der Waals surface area contributed by atoms with Crippen molar-refractivity contribution in [2.45, 2.75) is 45.6 Å². The van der Waals surface area contributed by atoms with Crippen LogP contribution < -0.4 is 10.6 Å². The van der Waals surface area contributed by atoms with Gasteiger partial charge in [-0.3, -0.25) is 4.99 Å². The number of rotatable bonds is 9. The highest BCUT2D eigenvalue weighted by Gasteiger charge is 2.13. The summed E-state index contributed by atoms with van der Waals surface area (Å²) in [6.45, 7) is 5.42. The molecule has 0 amide bonds. The molecule has 0 unspecified atom stereocenters. The van der Waals surface area contributed by atoms with E-state index in [1.54, 1.807) is 19.2 Å². The second-order valence-electron chi connectivity index (χ2n) is 6.86. The van der Waals surface area contributed by atoms with Crippen molar-refractivity contribution in [1.29, 1.82) is 0 Å². The third-order valence-electron chi connectivity index (χ3n) is 4.82. The van der Waals surface area contributed by atoms with E-state index in [1.807, 2.05) is 18.2 Å². The van der Waals surface area contributed by atoms with Gasteiger partial charge in [0, 0.05) is 42.6 Å². The molecule has 0 atom stereocenters. The lowest BCUT2D eigenvalue weighted by Crippen LogP contribution is -2.37. The minimum atomic E-state index is 0. The second kappa shape index (κ2) is 12.7. The molecule has 0 aliphatic rings. The van der Waals surface area contributed by atoms with Gasteiger partial charge in [-0.1, -0.05) is 47.9 Å². The van der Waals surface area contributed by atoms with E-state index in [2.05, 4.69) is 44.8 Å². The van der Waals surface area contributed by atoms with Gasteiger partial charge in [0.2, 0.25) is 11.7 Å². The first-order valence-corrected chi connectivity index (χ1v) is 10.5. The van der Waals surface area contributed by atoms with Gasteiger partial charge in [0.1, 0.15) is 0 Å². The zero-order chi connectivity index (χ0) is 21.3. The molecule has 31 heavy (non-hydrogen) atoms. The fraction of sp³-hybridized carbons (Fsp3) is 0.429. The summed E-state index contributed by atoms with van der Waals surface area (Å²) >= 11 is 6.01. The van der Waals surface area contributed by atoms with Crippen LogP contribution in [-0.4, -0.2) is 34.8 Å². The zero-order valence-corrected chi connectivity index (χ0v) is 21.0. The molecule has 10 heteroatoms. The first-order chi connectivity index (χ1) is 14.6. The molecule has 0 saturated carbocycles. The smallest absolute Gasteiger partial charge is 0.228 e. The summed E-state index contributed by atoms with van der Waals surface area (Å²) in [5, 5.41) is 15.3. The Labute approximate surface area is 204 Å². The van der Waals surface area contributed by atoms with Crippen molar-refractivity contribution in [2.24, 2.45) is 4.99 Å². The number of hydrogen-bond acceptors (Lipinski definition) is 6. The molecule has 0 aliphatic heterocycles. The average molecular weight is 559 g/mol. The molecule has 2 N–H and O–H groups in total. The maximum atomic E-state index is 6.01. The summed E-state index contributed by atoms with van der Waals surface area (Å²) in [6.07, 6.45) is 2.66. The second-order valence-corrected chi connectivity index (χ2v) is 7.29. The Morgan fingerprint density at radius 2 is 1.94 bits per heavy atom.